The van der Waals surface area contributed by atoms with Crippen LogP contribution >= 0.6 is 0 Å². The van der Waals surface area contributed by atoms with Crippen molar-refractivity contribution in [1.82, 2.24) is 9.80 Å². The van der Waals surface area contributed by atoms with Crippen LogP contribution in [0, 0.1) is 0 Å². The van der Waals surface area contributed by atoms with Gasteiger partial charge in [0, 0.05) is 39.0 Å². The minimum atomic E-state index is -0.00510. The predicted molar refractivity (Wildman–Crippen MR) is 124 cm³/mol. The van der Waals surface area contributed by atoms with Crippen LogP contribution in [-0.2, 0) is 0 Å². The minimum Gasteiger partial charge on any atom is -0.853 e. The topological polar surface area (TPSA) is 77.3 Å². The molecule has 0 spiro atoms. The van der Waals surface area contributed by atoms with Crippen molar-refractivity contribution in [2.24, 2.45) is 9.98 Å². The molecule has 0 bridgehead atoms. The fourth-order valence-corrected chi connectivity index (χ4v) is 4.01. The molecule has 0 N–H and O–H groups in total. The molecule has 32 heavy (non-hydrogen) atoms. The Balaban J connectivity index is 0. The minimum absolute atomic E-state index is 0. The Bertz CT molecular complexity index is 437. The zero-order valence-corrected chi connectivity index (χ0v) is 25.7. The number of nitrogens with zero attached hydrogens (tertiary/aromatic N) is 4. The van der Waals surface area contributed by atoms with Gasteiger partial charge in [-0.15, -0.1) is 13.2 Å². The monoisotopic (exact) mass is 468 g/mol. The van der Waals surface area contributed by atoms with Crippen LogP contribution in [0.15, 0.2) is 9.98 Å². The summed E-state index contributed by atoms with van der Waals surface area (Å²) in [5, 5.41) is 21.1. The van der Waals surface area contributed by atoms with Gasteiger partial charge in [0.2, 0.25) is 0 Å². The van der Waals surface area contributed by atoms with Crippen molar-refractivity contribution in [3.05, 3.63) is 0 Å². The SMILES string of the molecule is CCCCCCCC1=NCCN1CC[O-].CCCCCCCC1=NCCN1CC[O-].[Na+].[Na+]. The summed E-state index contributed by atoms with van der Waals surface area (Å²) < 4.78 is 0. The molecular weight excluding hydrogens is 422 g/mol. The van der Waals surface area contributed by atoms with E-state index in [4.69, 9.17) is 0 Å². The largest absolute Gasteiger partial charge is 1.00 e. The second-order valence-electron chi connectivity index (χ2n) is 8.31. The zero-order valence-electron chi connectivity index (χ0n) is 21.7. The maximum Gasteiger partial charge on any atom is 1.00 e. The van der Waals surface area contributed by atoms with Crippen molar-refractivity contribution in [3.63, 3.8) is 0 Å². The Morgan fingerprint density at radius 2 is 1.00 bits per heavy atom. The molecule has 0 saturated carbocycles. The summed E-state index contributed by atoms with van der Waals surface area (Å²) in [6, 6.07) is 0. The summed E-state index contributed by atoms with van der Waals surface area (Å²) in [5.74, 6) is 2.37. The third-order valence-electron chi connectivity index (χ3n) is 5.79. The molecule has 0 unspecified atom stereocenters. The molecule has 0 aliphatic carbocycles. The summed E-state index contributed by atoms with van der Waals surface area (Å²) in [7, 11) is 0. The van der Waals surface area contributed by atoms with Crippen LogP contribution < -0.4 is 69.3 Å². The molecule has 0 amide bonds. The van der Waals surface area contributed by atoms with Crippen LogP contribution in [-0.4, -0.2) is 74.0 Å². The quantitative estimate of drug-likeness (QED) is 0.177. The smallest absolute Gasteiger partial charge is 0.853 e. The van der Waals surface area contributed by atoms with E-state index in [-0.39, 0.29) is 72.3 Å². The van der Waals surface area contributed by atoms with E-state index in [1.807, 2.05) is 0 Å². The Kier molecular flexibility index (Phi) is 27.3. The van der Waals surface area contributed by atoms with E-state index in [0.29, 0.717) is 13.1 Å². The van der Waals surface area contributed by atoms with Crippen LogP contribution in [0.1, 0.15) is 90.9 Å². The van der Waals surface area contributed by atoms with Crippen molar-refractivity contribution < 1.29 is 69.3 Å². The van der Waals surface area contributed by atoms with Gasteiger partial charge in [-0.05, 0) is 12.8 Å². The van der Waals surface area contributed by atoms with Crippen molar-refractivity contribution in [2.45, 2.75) is 90.9 Å². The third-order valence-corrected chi connectivity index (χ3v) is 5.79. The number of rotatable bonds is 16. The summed E-state index contributed by atoms with van der Waals surface area (Å²) in [5.41, 5.74) is 0. The van der Waals surface area contributed by atoms with Gasteiger partial charge in [0.25, 0.3) is 0 Å². The number of hydrogen-bond donors (Lipinski definition) is 0. The van der Waals surface area contributed by atoms with Gasteiger partial charge in [-0.1, -0.05) is 65.2 Å². The Morgan fingerprint density at radius 1 is 0.625 bits per heavy atom. The molecule has 0 aromatic heterocycles. The molecule has 0 aromatic carbocycles. The van der Waals surface area contributed by atoms with Crippen molar-refractivity contribution >= 4 is 11.7 Å². The fourth-order valence-electron chi connectivity index (χ4n) is 4.01. The first-order chi connectivity index (χ1) is 14.8. The molecule has 0 fully saturated rings. The van der Waals surface area contributed by atoms with Gasteiger partial charge < -0.3 is 20.0 Å². The summed E-state index contributed by atoms with van der Waals surface area (Å²) in [4.78, 5) is 13.2. The van der Waals surface area contributed by atoms with Gasteiger partial charge >= 0.3 is 59.1 Å². The van der Waals surface area contributed by atoms with Gasteiger partial charge in [0.05, 0.1) is 24.8 Å². The number of aliphatic imine (C=N–C) groups is 2. The average Bonchev–Trinajstić information content (AvgIpc) is 3.38. The second kappa shape index (κ2) is 25.0. The molecule has 2 rings (SSSR count). The molecule has 2 aliphatic heterocycles. The first-order valence-corrected chi connectivity index (χ1v) is 12.5. The van der Waals surface area contributed by atoms with Crippen molar-refractivity contribution in [2.75, 3.05) is 52.5 Å². The van der Waals surface area contributed by atoms with Crippen LogP contribution in [0.25, 0.3) is 0 Å². The third kappa shape index (κ3) is 16.5. The molecular formula is C24H46N4Na2O2. The van der Waals surface area contributed by atoms with E-state index < -0.39 is 0 Å². The Morgan fingerprint density at radius 3 is 1.34 bits per heavy atom. The maximum atomic E-state index is 10.5. The first-order valence-electron chi connectivity index (χ1n) is 12.5. The first kappa shape index (κ1) is 35.0. The molecule has 0 atom stereocenters. The Labute approximate surface area is 242 Å². The van der Waals surface area contributed by atoms with Crippen LogP contribution in [0.4, 0.5) is 0 Å². The van der Waals surface area contributed by atoms with E-state index in [1.54, 1.807) is 0 Å². The number of hydrogen-bond acceptors (Lipinski definition) is 6. The summed E-state index contributed by atoms with van der Waals surface area (Å²) >= 11 is 0. The van der Waals surface area contributed by atoms with Gasteiger partial charge in [0.15, 0.2) is 0 Å². The van der Waals surface area contributed by atoms with Crippen molar-refractivity contribution in [3.8, 4) is 0 Å². The number of amidine groups is 2. The second-order valence-corrected chi connectivity index (χ2v) is 8.31. The molecule has 2 heterocycles. The summed E-state index contributed by atoms with van der Waals surface area (Å²) in [6.07, 6.45) is 15.2. The molecule has 0 saturated heterocycles. The average molecular weight is 469 g/mol. The molecule has 0 aromatic rings. The zero-order chi connectivity index (χ0) is 21.9. The van der Waals surface area contributed by atoms with Crippen LogP contribution in [0.2, 0.25) is 0 Å². The molecule has 2 aliphatic rings. The van der Waals surface area contributed by atoms with Gasteiger partial charge in [0.1, 0.15) is 0 Å². The van der Waals surface area contributed by atoms with Crippen LogP contribution in [0.3, 0.4) is 0 Å². The summed E-state index contributed by atoms with van der Waals surface area (Å²) in [6.45, 7) is 9.47. The maximum absolute atomic E-state index is 10.5. The molecule has 8 heteroatoms. The normalized spacial score (nSPS) is 14.9. The fraction of sp³-hybridized carbons (Fsp3) is 0.917. The standard InChI is InChI=1S/2C12H23N2O.2Na/c2*1-2-3-4-5-6-7-12-13-8-9-14(12)10-11-15;;/h2*2-11H2,1H3;;/q2*-1;2*+1. The van der Waals surface area contributed by atoms with Crippen molar-refractivity contribution in [1.29, 1.82) is 0 Å². The molecule has 0 radical (unpaired) electrons. The van der Waals surface area contributed by atoms with Gasteiger partial charge in [-0.25, -0.2) is 0 Å². The van der Waals surface area contributed by atoms with E-state index in [0.717, 1.165) is 39.0 Å². The van der Waals surface area contributed by atoms with E-state index >= 15 is 0 Å². The molecule has 176 valence electrons. The van der Waals surface area contributed by atoms with E-state index in [2.05, 4.69) is 33.6 Å². The van der Waals surface area contributed by atoms with E-state index in [9.17, 15) is 10.2 Å². The molecule has 6 nitrogen and oxygen atoms in total. The van der Waals surface area contributed by atoms with Gasteiger partial charge in [-0.3, -0.25) is 9.98 Å². The predicted octanol–water partition coefficient (Wildman–Crippen LogP) is -3.15. The van der Waals surface area contributed by atoms with E-state index in [1.165, 1.54) is 75.9 Å². The number of unbranched alkanes of at least 4 members (excludes halogenated alkanes) is 8. The Hall–Kier alpha value is 0.860. The van der Waals surface area contributed by atoms with Crippen LogP contribution in [0.5, 0.6) is 0 Å². The van der Waals surface area contributed by atoms with Gasteiger partial charge in [-0.2, -0.15) is 0 Å².